The molecule has 2 heteroatoms. The van der Waals surface area contributed by atoms with Gasteiger partial charge in [-0.3, -0.25) is 4.79 Å². The van der Waals surface area contributed by atoms with Crippen molar-refractivity contribution in [3.05, 3.63) is 54.6 Å². The average Bonchev–Trinajstić information content (AvgIpc) is 2.31. The van der Waals surface area contributed by atoms with E-state index in [1.54, 1.807) is 6.41 Å². The monoisotopic (exact) mass is 196 g/mol. The summed E-state index contributed by atoms with van der Waals surface area (Å²) in [6.45, 7) is 0. The zero-order chi connectivity index (χ0) is 10.5. The molecule has 1 N–H and O–H groups in total. The third-order valence-corrected chi connectivity index (χ3v) is 2.17. The van der Waals surface area contributed by atoms with Gasteiger partial charge in [0.2, 0.25) is 0 Å². The maximum absolute atomic E-state index is 10.2. The Balaban J connectivity index is 2.37. The van der Waals surface area contributed by atoms with Gasteiger partial charge in [-0.05, 0) is 23.3 Å². The predicted molar refractivity (Wildman–Crippen MR) is 61.2 cm³/mol. The van der Waals surface area contributed by atoms with E-state index in [1.165, 1.54) is 0 Å². The fourth-order valence-electron chi connectivity index (χ4n) is 1.47. The van der Waals surface area contributed by atoms with Crippen molar-refractivity contribution in [1.82, 2.24) is 0 Å². The van der Waals surface area contributed by atoms with Crippen LogP contribution < -0.4 is 5.32 Å². The number of anilines is 1. The Kier molecular flexibility index (Phi) is 2.79. The highest BCUT2D eigenvalue weighted by Gasteiger charge is 1.97. The van der Waals surface area contributed by atoms with Gasteiger partial charge in [0.25, 0.3) is 0 Å². The second kappa shape index (κ2) is 4.42. The number of nitrogens with one attached hydrogen (secondary N) is 1. The lowest BCUT2D eigenvalue weighted by molar-refractivity contribution is 0.561. The van der Waals surface area contributed by atoms with E-state index < -0.39 is 0 Å². The van der Waals surface area contributed by atoms with Gasteiger partial charge in [0.15, 0.2) is 0 Å². The molecule has 0 aliphatic rings. The highest BCUT2D eigenvalue weighted by Crippen LogP contribution is 2.21. The molecule has 2 aromatic carbocycles. The maximum Gasteiger partial charge on any atom is 0.314 e. The molecule has 0 aliphatic carbocycles. The number of carbonyl (C=O) groups excluding carboxylic acids is 1. The maximum atomic E-state index is 10.2. The minimum atomic E-state index is 0.756. The van der Waals surface area contributed by atoms with Gasteiger partial charge in [-0.1, -0.05) is 42.5 Å². The molecule has 0 bridgehead atoms. The van der Waals surface area contributed by atoms with E-state index in [-0.39, 0.29) is 0 Å². The topological polar surface area (TPSA) is 29.1 Å². The van der Waals surface area contributed by atoms with Crippen LogP contribution in [0.15, 0.2) is 54.6 Å². The van der Waals surface area contributed by atoms with Crippen LogP contribution >= 0.6 is 0 Å². The number of benzene rings is 2. The summed E-state index contributed by atoms with van der Waals surface area (Å²) in [4.78, 5) is 10.2. The molecule has 2 nitrogen and oxygen atoms in total. The van der Waals surface area contributed by atoms with Crippen molar-refractivity contribution < 1.29 is 4.79 Å². The van der Waals surface area contributed by atoms with E-state index in [0.717, 1.165) is 16.8 Å². The molecule has 0 fully saturated rings. The fraction of sp³-hybridized carbons (Fsp3) is 0. The second-order valence-electron chi connectivity index (χ2n) is 3.17. The first kappa shape index (κ1) is 9.46. The smallest absolute Gasteiger partial charge is 0.314 e. The van der Waals surface area contributed by atoms with Gasteiger partial charge in [0.1, 0.15) is 0 Å². The summed E-state index contributed by atoms with van der Waals surface area (Å²) in [6.07, 6.45) is 1.66. The summed E-state index contributed by atoms with van der Waals surface area (Å²) in [5.74, 6) is 0. The average molecular weight is 196 g/mol. The van der Waals surface area contributed by atoms with Gasteiger partial charge in [0, 0.05) is 5.69 Å². The lowest BCUT2D eigenvalue weighted by Gasteiger charge is -2.03. The van der Waals surface area contributed by atoms with E-state index >= 15 is 0 Å². The van der Waals surface area contributed by atoms with Crippen molar-refractivity contribution in [3.63, 3.8) is 0 Å². The quantitative estimate of drug-likeness (QED) is 0.751. The molecule has 0 saturated carbocycles. The molecular formula is C13H10NO. The number of rotatable bonds is 3. The molecular weight excluding hydrogens is 186 g/mol. The molecule has 0 aromatic heterocycles. The van der Waals surface area contributed by atoms with Crippen LogP contribution in [0.2, 0.25) is 0 Å². The molecule has 0 heterocycles. The summed E-state index contributed by atoms with van der Waals surface area (Å²) >= 11 is 0. The van der Waals surface area contributed by atoms with Crippen LogP contribution in [-0.2, 0) is 4.79 Å². The first-order valence-electron chi connectivity index (χ1n) is 4.69. The van der Waals surface area contributed by atoms with E-state index in [1.807, 2.05) is 54.6 Å². The van der Waals surface area contributed by atoms with Gasteiger partial charge < -0.3 is 5.32 Å². The van der Waals surface area contributed by atoms with Crippen molar-refractivity contribution in [2.24, 2.45) is 0 Å². The first-order chi connectivity index (χ1) is 7.40. The van der Waals surface area contributed by atoms with Gasteiger partial charge in [0.05, 0.1) is 0 Å². The third kappa shape index (κ3) is 2.23. The SMILES string of the molecule is O=[C]Nc1cccc(-c2ccccc2)c1. The molecule has 0 spiro atoms. The number of hydrogen-bond donors (Lipinski definition) is 1. The molecule has 15 heavy (non-hydrogen) atoms. The number of amides is 1. The van der Waals surface area contributed by atoms with Crippen LogP contribution in [0.25, 0.3) is 11.1 Å². The molecule has 1 radical (unpaired) electrons. The van der Waals surface area contributed by atoms with Crippen LogP contribution in [0.1, 0.15) is 0 Å². The minimum absolute atomic E-state index is 0.756. The summed E-state index contributed by atoms with van der Waals surface area (Å²) < 4.78 is 0. The summed E-state index contributed by atoms with van der Waals surface area (Å²) in [5, 5.41) is 2.51. The molecule has 0 saturated heterocycles. The standard InChI is InChI=1S/C13H10NO/c15-10-14-13-8-4-7-12(9-13)11-5-2-1-3-6-11/h1-9H,(H,14,15). The summed E-state index contributed by atoms with van der Waals surface area (Å²) in [7, 11) is 0. The van der Waals surface area contributed by atoms with Gasteiger partial charge in [-0.2, -0.15) is 0 Å². The molecule has 0 unspecified atom stereocenters. The van der Waals surface area contributed by atoms with Crippen LogP contribution in [0.3, 0.4) is 0 Å². The fourth-order valence-corrected chi connectivity index (χ4v) is 1.47. The largest absolute Gasteiger partial charge is 0.318 e. The minimum Gasteiger partial charge on any atom is -0.318 e. The Hall–Kier alpha value is -2.09. The van der Waals surface area contributed by atoms with Gasteiger partial charge in [-0.15, -0.1) is 0 Å². The van der Waals surface area contributed by atoms with Crippen molar-refractivity contribution in [3.8, 4) is 11.1 Å². The van der Waals surface area contributed by atoms with Crippen LogP contribution in [0.5, 0.6) is 0 Å². The van der Waals surface area contributed by atoms with Crippen LogP contribution in [-0.4, -0.2) is 6.41 Å². The Morgan fingerprint density at radius 1 is 0.867 bits per heavy atom. The highest BCUT2D eigenvalue weighted by atomic mass is 16.1. The zero-order valence-electron chi connectivity index (χ0n) is 8.10. The van der Waals surface area contributed by atoms with Crippen molar-refractivity contribution >= 4 is 12.1 Å². The molecule has 2 aromatic rings. The molecule has 1 amide bonds. The zero-order valence-corrected chi connectivity index (χ0v) is 8.10. The van der Waals surface area contributed by atoms with Crippen molar-refractivity contribution in [1.29, 1.82) is 0 Å². The van der Waals surface area contributed by atoms with Gasteiger partial charge in [-0.25, -0.2) is 0 Å². The molecule has 0 atom stereocenters. The Morgan fingerprint density at radius 3 is 2.33 bits per heavy atom. The van der Waals surface area contributed by atoms with Crippen molar-refractivity contribution in [2.75, 3.05) is 5.32 Å². The van der Waals surface area contributed by atoms with Gasteiger partial charge >= 0.3 is 6.41 Å². The summed E-state index contributed by atoms with van der Waals surface area (Å²) in [5.41, 5.74) is 2.97. The predicted octanol–water partition coefficient (Wildman–Crippen LogP) is 2.83. The molecule has 73 valence electrons. The third-order valence-electron chi connectivity index (χ3n) is 2.17. The number of hydrogen-bond acceptors (Lipinski definition) is 1. The van der Waals surface area contributed by atoms with E-state index in [9.17, 15) is 4.79 Å². The second-order valence-corrected chi connectivity index (χ2v) is 3.17. The van der Waals surface area contributed by atoms with E-state index in [4.69, 9.17) is 0 Å². The molecule has 2 rings (SSSR count). The summed E-state index contributed by atoms with van der Waals surface area (Å²) in [6, 6.07) is 17.7. The highest BCUT2D eigenvalue weighted by molar-refractivity contribution is 5.76. The van der Waals surface area contributed by atoms with Crippen molar-refractivity contribution in [2.45, 2.75) is 0 Å². The lowest BCUT2D eigenvalue weighted by atomic mass is 10.1. The first-order valence-corrected chi connectivity index (χ1v) is 4.69. The van der Waals surface area contributed by atoms with E-state index in [0.29, 0.717) is 0 Å². The lowest BCUT2D eigenvalue weighted by Crippen LogP contribution is -1.92. The Morgan fingerprint density at radius 2 is 1.60 bits per heavy atom. The normalized spacial score (nSPS) is 9.60. The Labute approximate surface area is 88.6 Å². The Bertz CT molecular complexity index is 451. The van der Waals surface area contributed by atoms with Crippen LogP contribution in [0.4, 0.5) is 5.69 Å². The molecule has 0 aliphatic heterocycles. The van der Waals surface area contributed by atoms with E-state index in [2.05, 4.69) is 5.32 Å². The van der Waals surface area contributed by atoms with Crippen LogP contribution in [0, 0.1) is 0 Å².